The fourth-order valence-electron chi connectivity index (χ4n) is 2.27. The number of hydrogen-bond acceptors (Lipinski definition) is 6. The summed E-state index contributed by atoms with van der Waals surface area (Å²) in [7, 11) is -4.03. The zero-order valence-electron chi connectivity index (χ0n) is 13.6. The Balaban J connectivity index is 2.35. The average Bonchev–Trinajstić information content (AvgIpc) is 2.55. The van der Waals surface area contributed by atoms with Gasteiger partial charge in [0.05, 0.1) is 11.4 Å². The number of terminal acetylenes is 1. The maximum absolute atomic E-state index is 12.9. The lowest BCUT2D eigenvalue weighted by Crippen LogP contribution is -2.59. The fraction of sp³-hybridized carbons (Fsp3) is 0.375. The SMILES string of the molecule is C#CCOc1ccc(S(=O)(=O)N2CC(C(=O)O)OC(C)(C)C2=S)cc1. The highest BCUT2D eigenvalue weighted by atomic mass is 32.2. The van der Waals surface area contributed by atoms with Crippen molar-refractivity contribution in [2.24, 2.45) is 0 Å². The number of carboxylic acids is 1. The van der Waals surface area contributed by atoms with Crippen molar-refractivity contribution in [3.8, 4) is 18.1 Å². The number of morpholine rings is 1. The second-order valence-electron chi connectivity index (χ2n) is 5.76. The molecule has 1 N–H and O–H groups in total. The van der Waals surface area contributed by atoms with E-state index in [1.165, 1.54) is 38.1 Å². The molecule has 1 unspecified atom stereocenters. The van der Waals surface area contributed by atoms with E-state index in [2.05, 4.69) is 5.92 Å². The predicted octanol–water partition coefficient (Wildman–Crippen LogP) is 1.28. The minimum absolute atomic E-state index is 0.00217. The zero-order valence-corrected chi connectivity index (χ0v) is 15.3. The second-order valence-corrected chi connectivity index (χ2v) is 8.01. The van der Waals surface area contributed by atoms with Gasteiger partial charge in [0.25, 0.3) is 10.0 Å². The van der Waals surface area contributed by atoms with E-state index >= 15 is 0 Å². The van der Waals surface area contributed by atoms with Gasteiger partial charge in [0, 0.05) is 0 Å². The standard InChI is InChI=1S/C16H17NO6S2/c1-4-9-22-11-5-7-12(8-6-11)25(20,21)17-10-13(14(18)19)23-16(2,3)15(17)24/h1,5-8,13H,9-10H2,2-3H3,(H,18,19). The molecule has 7 nitrogen and oxygen atoms in total. The minimum Gasteiger partial charge on any atom is -0.481 e. The van der Waals surface area contributed by atoms with Crippen molar-refractivity contribution in [1.82, 2.24) is 4.31 Å². The van der Waals surface area contributed by atoms with Crippen LogP contribution >= 0.6 is 12.2 Å². The molecule has 0 bridgehead atoms. The second kappa shape index (κ2) is 7.00. The zero-order chi connectivity index (χ0) is 18.8. The van der Waals surface area contributed by atoms with Crippen molar-refractivity contribution in [2.45, 2.75) is 30.4 Å². The molecule has 0 saturated carbocycles. The molecule has 1 heterocycles. The number of carboxylic acid groups (broad SMARTS) is 1. The van der Waals surface area contributed by atoms with Crippen LogP contribution in [-0.4, -0.2) is 53.6 Å². The molecular formula is C16H17NO6S2. The lowest BCUT2D eigenvalue weighted by atomic mass is 10.1. The Labute approximate surface area is 151 Å². The average molecular weight is 383 g/mol. The molecule has 1 aromatic carbocycles. The number of thiocarbonyl (C=S) groups is 1. The Morgan fingerprint density at radius 3 is 2.60 bits per heavy atom. The fourth-order valence-corrected chi connectivity index (χ4v) is 4.19. The molecule has 1 aliphatic rings. The van der Waals surface area contributed by atoms with Gasteiger partial charge >= 0.3 is 5.97 Å². The molecular weight excluding hydrogens is 366 g/mol. The largest absolute Gasteiger partial charge is 0.481 e. The molecule has 0 radical (unpaired) electrons. The summed E-state index contributed by atoms with van der Waals surface area (Å²) in [4.78, 5) is 11.2. The highest BCUT2D eigenvalue weighted by molar-refractivity contribution is 7.91. The quantitative estimate of drug-likeness (QED) is 0.605. The number of hydrogen-bond donors (Lipinski definition) is 1. The van der Waals surface area contributed by atoms with Gasteiger partial charge in [-0.05, 0) is 38.1 Å². The van der Waals surface area contributed by atoms with Gasteiger partial charge in [-0.15, -0.1) is 6.42 Å². The van der Waals surface area contributed by atoms with Gasteiger partial charge in [-0.2, -0.15) is 0 Å². The Bertz CT molecular complexity index is 823. The van der Waals surface area contributed by atoms with Gasteiger partial charge in [0.2, 0.25) is 0 Å². The Morgan fingerprint density at radius 2 is 2.08 bits per heavy atom. The molecule has 0 aliphatic carbocycles. The third-order valence-corrected chi connectivity index (χ3v) is 6.13. The summed E-state index contributed by atoms with van der Waals surface area (Å²) in [6, 6.07) is 5.63. The Morgan fingerprint density at radius 1 is 1.48 bits per heavy atom. The van der Waals surface area contributed by atoms with E-state index in [-0.39, 0.29) is 16.5 Å². The molecule has 25 heavy (non-hydrogen) atoms. The number of benzene rings is 1. The molecule has 0 aromatic heterocycles. The topological polar surface area (TPSA) is 93.1 Å². The van der Waals surface area contributed by atoms with Gasteiger partial charge < -0.3 is 14.6 Å². The summed E-state index contributed by atoms with van der Waals surface area (Å²) >= 11 is 5.22. The van der Waals surface area contributed by atoms with Crippen molar-refractivity contribution in [1.29, 1.82) is 0 Å². The normalized spacial score (nSPS) is 20.0. The highest BCUT2D eigenvalue weighted by Crippen LogP contribution is 2.29. The smallest absolute Gasteiger partial charge is 0.334 e. The number of carbonyl (C=O) groups is 1. The molecule has 0 amide bonds. The van der Waals surface area contributed by atoms with E-state index in [1.807, 2.05) is 0 Å². The van der Waals surface area contributed by atoms with Crippen LogP contribution in [0.15, 0.2) is 29.2 Å². The molecule has 1 aliphatic heterocycles. The van der Waals surface area contributed by atoms with Crippen molar-refractivity contribution in [2.75, 3.05) is 13.2 Å². The minimum atomic E-state index is -4.03. The van der Waals surface area contributed by atoms with Crippen LogP contribution in [0, 0.1) is 12.3 Å². The van der Waals surface area contributed by atoms with E-state index in [4.69, 9.17) is 28.1 Å². The van der Waals surface area contributed by atoms with Crippen LogP contribution in [0.4, 0.5) is 0 Å². The monoisotopic (exact) mass is 383 g/mol. The van der Waals surface area contributed by atoms with Crippen LogP contribution in [0.5, 0.6) is 5.75 Å². The van der Waals surface area contributed by atoms with Gasteiger partial charge in [0.15, 0.2) is 6.10 Å². The number of nitrogens with zero attached hydrogens (tertiary/aromatic N) is 1. The van der Waals surface area contributed by atoms with E-state index in [9.17, 15) is 18.3 Å². The molecule has 0 spiro atoms. The molecule has 1 saturated heterocycles. The lowest BCUT2D eigenvalue weighted by Gasteiger charge is -2.41. The summed E-state index contributed by atoms with van der Waals surface area (Å²) in [5, 5.41) is 9.21. The van der Waals surface area contributed by atoms with Gasteiger partial charge in [-0.3, -0.25) is 4.31 Å². The van der Waals surface area contributed by atoms with E-state index in [0.717, 1.165) is 4.31 Å². The maximum Gasteiger partial charge on any atom is 0.334 e. The Hall–Kier alpha value is -2.15. The molecule has 134 valence electrons. The van der Waals surface area contributed by atoms with Crippen LogP contribution in [0.1, 0.15) is 13.8 Å². The van der Waals surface area contributed by atoms with Crippen molar-refractivity contribution in [3.05, 3.63) is 24.3 Å². The lowest BCUT2D eigenvalue weighted by molar-refractivity contribution is -0.159. The first-order valence-electron chi connectivity index (χ1n) is 7.23. The third-order valence-electron chi connectivity index (χ3n) is 3.52. The van der Waals surface area contributed by atoms with Crippen LogP contribution in [-0.2, 0) is 19.6 Å². The predicted molar refractivity (Wildman–Crippen MR) is 93.8 cm³/mol. The maximum atomic E-state index is 12.9. The summed E-state index contributed by atoms with van der Waals surface area (Å²) in [6.07, 6.45) is 3.79. The number of sulfonamides is 1. The van der Waals surface area contributed by atoms with Gasteiger partial charge in [-0.25, -0.2) is 13.2 Å². The van der Waals surface area contributed by atoms with E-state index in [1.54, 1.807) is 0 Å². The van der Waals surface area contributed by atoms with Crippen LogP contribution in [0.3, 0.4) is 0 Å². The van der Waals surface area contributed by atoms with Crippen molar-refractivity contribution in [3.63, 3.8) is 0 Å². The molecule has 1 aromatic rings. The molecule has 2 rings (SSSR count). The number of rotatable bonds is 5. The number of aliphatic carboxylic acids is 1. The van der Waals surface area contributed by atoms with Crippen LogP contribution < -0.4 is 4.74 Å². The van der Waals surface area contributed by atoms with Crippen LogP contribution in [0.2, 0.25) is 0 Å². The first-order valence-corrected chi connectivity index (χ1v) is 9.08. The first-order chi connectivity index (χ1) is 11.6. The number of ether oxygens (including phenoxy) is 2. The highest BCUT2D eigenvalue weighted by Gasteiger charge is 2.45. The molecule has 9 heteroatoms. The summed E-state index contributed by atoms with van der Waals surface area (Å²) in [5.74, 6) is 1.47. The van der Waals surface area contributed by atoms with Crippen molar-refractivity contribution < 1.29 is 27.8 Å². The van der Waals surface area contributed by atoms with Crippen molar-refractivity contribution >= 4 is 33.2 Å². The summed E-state index contributed by atoms with van der Waals surface area (Å²) in [6.45, 7) is 2.73. The first kappa shape index (κ1) is 19.2. The summed E-state index contributed by atoms with van der Waals surface area (Å²) in [5.41, 5.74) is -1.21. The van der Waals surface area contributed by atoms with E-state index in [0.29, 0.717) is 5.75 Å². The van der Waals surface area contributed by atoms with E-state index < -0.39 is 34.2 Å². The molecule has 1 atom stereocenters. The summed E-state index contributed by atoms with van der Waals surface area (Å²) < 4.78 is 37.3. The van der Waals surface area contributed by atoms with Crippen LogP contribution in [0.25, 0.3) is 0 Å². The Kier molecular flexibility index (Phi) is 5.37. The van der Waals surface area contributed by atoms with Gasteiger partial charge in [0.1, 0.15) is 22.9 Å². The van der Waals surface area contributed by atoms with Gasteiger partial charge in [-0.1, -0.05) is 18.1 Å². The third kappa shape index (κ3) is 3.92. The molecule has 1 fully saturated rings.